The van der Waals surface area contributed by atoms with Gasteiger partial charge in [0.05, 0.1) is 6.04 Å². The molecule has 4 aromatic rings. The van der Waals surface area contributed by atoms with Crippen molar-refractivity contribution in [1.29, 1.82) is 0 Å². The van der Waals surface area contributed by atoms with E-state index in [1.165, 1.54) is 5.56 Å². The molecule has 2 atom stereocenters. The highest BCUT2D eigenvalue weighted by Crippen LogP contribution is 2.48. The zero-order valence-corrected chi connectivity index (χ0v) is 16.0. The second-order valence-electron chi connectivity index (χ2n) is 7.35. The Morgan fingerprint density at radius 1 is 0.586 bits per heavy atom. The molecule has 0 radical (unpaired) electrons. The number of rotatable bonds is 5. The van der Waals surface area contributed by atoms with Gasteiger partial charge in [0, 0.05) is 11.3 Å². The second kappa shape index (κ2) is 7.40. The summed E-state index contributed by atoms with van der Waals surface area (Å²) in [5, 5.41) is 0. The van der Waals surface area contributed by atoms with Crippen LogP contribution in [0.1, 0.15) is 22.0 Å². The van der Waals surface area contributed by atoms with Crippen LogP contribution in [-0.4, -0.2) is 11.8 Å². The molecule has 2 heteroatoms. The van der Waals surface area contributed by atoms with Crippen molar-refractivity contribution in [2.75, 3.05) is 4.90 Å². The molecular weight excluding hydrogens is 354 g/mol. The van der Waals surface area contributed by atoms with E-state index in [1.54, 1.807) is 0 Å². The number of hydrogen-bond donors (Lipinski definition) is 0. The molecule has 2 nitrogen and oxygen atoms in total. The Kier molecular flexibility index (Phi) is 4.45. The van der Waals surface area contributed by atoms with Gasteiger partial charge in [-0.3, -0.25) is 4.79 Å². The van der Waals surface area contributed by atoms with E-state index in [-0.39, 0.29) is 17.9 Å². The van der Waals surface area contributed by atoms with Gasteiger partial charge in [-0.15, -0.1) is 0 Å². The van der Waals surface area contributed by atoms with Crippen molar-refractivity contribution in [3.8, 4) is 11.1 Å². The van der Waals surface area contributed by atoms with Crippen LogP contribution < -0.4 is 4.90 Å². The first-order valence-corrected chi connectivity index (χ1v) is 9.91. The molecule has 0 aliphatic carbocycles. The lowest BCUT2D eigenvalue weighted by molar-refractivity contribution is 0.0990. The lowest BCUT2D eigenvalue weighted by Gasteiger charge is -2.06. The fraction of sp³-hybridized carbons (Fsp3) is 0.0741. The molecule has 0 saturated carbocycles. The van der Waals surface area contributed by atoms with E-state index in [0.29, 0.717) is 0 Å². The molecule has 1 fully saturated rings. The molecule has 4 aromatic carbocycles. The van der Waals surface area contributed by atoms with Crippen LogP contribution in [0.2, 0.25) is 0 Å². The molecule has 0 unspecified atom stereocenters. The van der Waals surface area contributed by atoms with E-state index in [1.807, 2.05) is 78.9 Å². The van der Waals surface area contributed by atoms with Crippen LogP contribution in [-0.2, 0) is 0 Å². The van der Waals surface area contributed by atoms with Crippen LogP contribution in [0.15, 0.2) is 115 Å². The highest BCUT2D eigenvalue weighted by molar-refractivity contribution is 6.06. The summed E-state index contributed by atoms with van der Waals surface area (Å²) in [7, 11) is 0. The Hall–Kier alpha value is -3.65. The van der Waals surface area contributed by atoms with E-state index in [0.717, 1.165) is 22.4 Å². The molecule has 140 valence electrons. The molecule has 0 amide bonds. The van der Waals surface area contributed by atoms with Gasteiger partial charge in [0.15, 0.2) is 5.78 Å². The van der Waals surface area contributed by atoms with Crippen LogP contribution in [0.5, 0.6) is 0 Å². The largest absolute Gasteiger partial charge is 0.349 e. The molecule has 1 aliphatic heterocycles. The lowest BCUT2D eigenvalue weighted by Crippen LogP contribution is -2.12. The summed E-state index contributed by atoms with van der Waals surface area (Å²) in [5.74, 6) is 0.169. The minimum absolute atomic E-state index is 0.0832. The number of para-hydroxylation sites is 1. The van der Waals surface area contributed by atoms with Crippen LogP contribution in [0.25, 0.3) is 11.1 Å². The first-order valence-electron chi connectivity index (χ1n) is 9.91. The topological polar surface area (TPSA) is 20.1 Å². The zero-order chi connectivity index (χ0) is 19.6. The van der Waals surface area contributed by atoms with Gasteiger partial charge in [0.1, 0.15) is 6.04 Å². The first-order chi connectivity index (χ1) is 14.3. The molecule has 1 saturated heterocycles. The van der Waals surface area contributed by atoms with Gasteiger partial charge < -0.3 is 4.90 Å². The Morgan fingerprint density at radius 3 is 1.72 bits per heavy atom. The lowest BCUT2D eigenvalue weighted by atomic mass is 9.99. The Labute approximate surface area is 171 Å². The summed E-state index contributed by atoms with van der Waals surface area (Å²) < 4.78 is 0. The van der Waals surface area contributed by atoms with E-state index < -0.39 is 0 Å². The summed E-state index contributed by atoms with van der Waals surface area (Å²) in [6, 6.07) is 38.6. The van der Waals surface area contributed by atoms with Crippen LogP contribution in [0.3, 0.4) is 0 Å². The zero-order valence-electron chi connectivity index (χ0n) is 16.0. The second-order valence-corrected chi connectivity index (χ2v) is 7.35. The minimum atomic E-state index is -0.164. The number of benzene rings is 4. The molecule has 0 spiro atoms. The van der Waals surface area contributed by atoms with Crippen molar-refractivity contribution in [2.45, 2.75) is 12.1 Å². The molecular formula is C27H21NO. The van der Waals surface area contributed by atoms with Gasteiger partial charge in [0.2, 0.25) is 0 Å². The fourth-order valence-corrected chi connectivity index (χ4v) is 4.04. The van der Waals surface area contributed by atoms with Crippen molar-refractivity contribution in [1.82, 2.24) is 0 Å². The quantitative estimate of drug-likeness (QED) is 0.307. The predicted octanol–water partition coefficient (Wildman–Crippen LogP) is 6.17. The molecule has 1 heterocycles. The summed E-state index contributed by atoms with van der Waals surface area (Å²) in [6.07, 6.45) is 0. The van der Waals surface area contributed by atoms with E-state index >= 15 is 0 Å². The van der Waals surface area contributed by atoms with Gasteiger partial charge in [-0.2, -0.15) is 0 Å². The SMILES string of the molecule is O=C(c1ccc(-c2ccccc2)cc1)[C@@H]1[C@H](c2ccccc2)N1c1ccccc1. The molecule has 29 heavy (non-hydrogen) atoms. The summed E-state index contributed by atoms with van der Waals surface area (Å²) in [5.41, 5.74) is 5.30. The van der Waals surface area contributed by atoms with Crippen molar-refractivity contribution in [2.24, 2.45) is 0 Å². The summed E-state index contributed by atoms with van der Waals surface area (Å²) >= 11 is 0. The first kappa shape index (κ1) is 17.4. The number of hydrogen-bond acceptors (Lipinski definition) is 2. The standard InChI is InChI=1S/C27H21NO/c29-27(23-18-16-21(17-19-23)20-10-4-1-5-11-20)26-25(22-12-6-2-7-13-22)28(26)24-14-8-3-9-15-24/h1-19,25-26H/t25-,26-,28?/m0/s1. The van der Waals surface area contributed by atoms with E-state index in [4.69, 9.17) is 0 Å². The molecule has 0 aromatic heterocycles. The average molecular weight is 375 g/mol. The van der Waals surface area contributed by atoms with Crippen molar-refractivity contribution in [3.63, 3.8) is 0 Å². The van der Waals surface area contributed by atoms with Crippen LogP contribution >= 0.6 is 0 Å². The predicted molar refractivity (Wildman–Crippen MR) is 118 cm³/mol. The number of carbonyl (C=O) groups is 1. The number of anilines is 1. The van der Waals surface area contributed by atoms with Gasteiger partial charge in [0.25, 0.3) is 0 Å². The molecule has 0 bridgehead atoms. The molecule has 0 N–H and O–H groups in total. The number of carbonyl (C=O) groups excluding carboxylic acids is 1. The monoisotopic (exact) mass is 375 g/mol. The minimum Gasteiger partial charge on any atom is -0.349 e. The van der Waals surface area contributed by atoms with Crippen LogP contribution in [0.4, 0.5) is 5.69 Å². The summed E-state index contributed by atoms with van der Waals surface area (Å²) in [4.78, 5) is 15.6. The van der Waals surface area contributed by atoms with E-state index in [9.17, 15) is 4.79 Å². The molecule has 1 aliphatic rings. The maximum absolute atomic E-state index is 13.4. The number of ketones is 1. The van der Waals surface area contributed by atoms with Gasteiger partial charge in [-0.1, -0.05) is 103 Å². The number of nitrogens with zero attached hydrogens (tertiary/aromatic N) is 1. The number of Topliss-reactive ketones (excluding diaryl/α,β-unsaturated/α-hetero) is 1. The molecule has 5 rings (SSSR count). The fourth-order valence-electron chi connectivity index (χ4n) is 4.04. The van der Waals surface area contributed by atoms with E-state index in [2.05, 4.69) is 41.3 Å². The third-order valence-electron chi connectivity index (χ3n) is 5.55. The summed E-state index contributed by atoms with van der Waals surface area (Å²) in [6.45, 7) is 0. The van der Waals surface area contributed by atoms with Crippen molar-refractivity contribution in [3.05, 3.63) is 126 Å². The smallest absolute Gasteiger partial charge is 0.187 e. The normalized spacial score (nSPS) is 17.7. The third kappa shape index (κ3) is 3.34. The van der Waals surface area contributed by atoms with Gasteiger partial charge in [-0.05, 0) is 28.8 Å². The van der Waals surface area contributed by atoms with Crippen molar-refractivity contribution >= 4 is 11.5 Å². The maximum atomic E-state index is 13.4. The Balaban J connectivity index is 1.44. The van der Waals surface area contributed by atoms with Gasteiger partial charge >= 0.3 is 0 Å². The van der Waals surface area contributed by atoms with Crippen LogP contribution in [0, 0.1) is 0 Å². The highest BCUT2D eigenvalue weighted by atomic mass is 16.1. The van der Waals surface area contributed by atoms with Gasteiger partial charge in [-0.25, -0.2) is 0 Å². The Bertz CT molecular complexity index is 1060. The maximum Gasteiger partial charge on any atom is 0.187 e. The third-order valence-corrected chi connectivity index (χ3v) is 5.55. The Morgan fingerprint density at radius 2 is 1.10 bits per heavy atom. The van der Waals surface area contributed by atoms with Crippen molar-refractivity contribution < 1.29 is 4.79 Å². The average Bonchev–Trinajstić information content (AvgIpc) is 3.56. The highest BCUT2D eigenvalue weighted by Gasteiger charge is 2.53.